The van der Waals surface area contributed by atoms with Gasteiger partial charge in [-0.1, -0.05) is 30.3 Å². The molecule has 0 amide bonds. The highest BCUT2D eigenvalue weighted by atomic mass is 16.3. The molecule has 0 bridgehead atoms. The Balaban J connectivity index is 2.40. The summed E-state index contributed by atoms with van der Waals surface area (Å²) in [5, 5.41) is 24.6. The summed E-state index contributed by atoms with van der Waals surface area (Å²) in [4.78, 5) is 0. The molecular formula is C14H19N3O. The van der Waals surface area contributed by atoms with Gasteiger partial charge in [0.1, 0.15) is 0 Å². The average Bonchev–Trinajstić information content (AvgIpc) is 2.49. The number of hydrazone groups is 1. The third kappa shape index (κ3) is 1.64. The van der Waals surface area contributed by atoms with Gasteiger partial charge in [-0.2, -0.15) is 5.10 Å². The minimum absolute atomic E-state index is 0.213. The quantitative estimate of drug-likeness (QED) is 0.589. The van der Waals surface area contributed by atoms with Crippen LogP contribution in [0.15, 0.2) is 35.4 Å². The van der Waals surface area contributed by atoms with Crippen molar-refractivity contribution in [3.63, 3.8) is 0 Å². The minimum Gasteiger partial charge on any atom is -0.368 e. The van der Waals surface area contributed by atoms with Crippen molar-refractivity contribution in [3.8, 4) is 0 Å². The molecule has 1 heterocycles. The Hall–Kier alpha value is -1.68. The van der Waals surface area contributed by atoms with E-state index in [1.807, 2.05) is 51.1 Å². The standard InChI is InChI=1S/C14H19N3O/c1-10-13(2,3)14(4,18)17(16-10)12(15)11-8-6-5-7-9-11/h5-9,15,18H,1-4H3/t14-/m0/s1. The van der Waals surface area contributed by atoms with Crippen molar-refractivity contribution in [2.45, 2.75) is 33.4 Å². The molecule has 0 unspecified atom stereocenters. The number of hydrogen-bond donors (Lipinski definition) is 2. The highest BCUT2D eigenvalue weighted by molar-refractivity contribution is 6.00. The van der Waals surface area contributed by atoms with Gasteiger partial charge < -0.3 is 5.11 Å². The molecule has 1 aromatic rings. The lowest BCUT2D eigenvalue weighted by Crippen LogP contribution is -2.53. The fourth-order valence-electron chi connectivity index (χ4n) is 1.97. The third-order valence-corrected chi connectivity index (χ3v) is 4.01. The van der Waals surface area contributed by atoms with Crippen molar-refractivity contribution in [2.24, 2.45) is 10.5 Å². The van der Waals surface area contributed by atoms with E-state index in [9.17, 15) is 5.11 Å². The van der Waals surface area contributed by atoms with E-state index in [1.54, 1.807) is 6.92 Å². The van der Waals surface area contributed by atoms with Crippen LogP contribution in [0.1, 0.15) is 33.3 Å². The van der Waals surface area contributed by atoms with E-state index in [0.29, 0.717) is 0 Å². The number of aliphatic hydroxyl groups is 1. The Morgan fingerprint density at radius 3 is 2.22 bits per heavy atom. The van der Waals surface area contributed by atoms with Crippen molar-refractivity contribution in [1.29, 1.82) is 5.41 Å². The number of nitrogens with zero attached hydrogens (tertiary/aromatic N) is 2. The van der Waals surface area contributed by atoms with Crippen LogP contribution in [0.4, 0.5) is 0 Å². The first-order valence-corrected chi connectivity index (χ1v) is 6.01. The van der Waals surface area contributed by atoms with E-state index < -0.39 is 11.1 Å². The van der Waals surface area contributed by atoms with Crippen molar-refractivity contribution >= 4 is 11.5 Å². The number of amidine groups is 1. The molecule has 2 N–H and O–H groups in total. The maximum absolute atomic E-state index is 10.7. The Morgan fingerprint density at radius 2 is 1.78 bits per heavy atom. The highest BCUT2D eigenvalue weighted by Crippen LogP contribution is 2.41. The number of nitrogens with one attached hydrogen (secondary N) is 1. The average molecular weight is 245 g/mol. The van der Waals surface area contributed by atoms with Crippen LogP contribution in [-0.4, -0.2) is 27.4 Å². The minimum atomic E-state index is -1.19. The second kappa shape index (κ2) is 3.92. The molecule has 2 rings (SSSR count). The molecule has 1 aliphatic heterocycles. The van der Waals surface area contributed by atoms with Crippen molar-refractivity contribution in [3.05, 3.63) is 35.9 Å². The van der Waals surface area contributed by atoms with E-state index in [1.165, 1.54) is 5.01 Å². The number of hydrogen-bond acceptors (Lipinski definition) is 3. The predicted octanol–water partition coefficient (Wildman–Crippen LogP) is 2.44. The third-order valence-electron chi connectivity index (χ3n) is 4.01. The molecule has 1 aliphatic rings. The van der Waals surface area contributed by atoms with Gasteiger partial charge in [-0.25, -0.2) is 5.01 Å². The summed E-state index contributed by atoms with van der Waals surface area (Å²) < 4.78 is 0. The van der Waals surface area contributed by atoms with E-state index in [2.05, 4.69) is 5.10 Å². The highest BCUT2D eigenvalue weighted by Gasteiger charge is 2.52. The summed E-state index contributed by atoms with van der Waals surface area (Å²) in [7, 11) is 0. The largest absolute Gasteiger partial charge is 0.368 e. The molecule has 0 radical (unpaired) electrons. The normalized spacial score (nSPS) is 26.1. The van der Waals surface area contributed by atoms with Gasteiger partial charge in [-0.05, 0) is 27.7 Å². The first-order chi connectivity index (χ1) is 8.28. The molecule has 0 aromatic heterocycles. The Morgan fingerprint density at radius 1 is 1.22 bits per heavy atom. The van der Waals surface area contributed by atoms with E-state index in [0.717, 1.165) is 11.3 Å². The van der Waals surface area contributed by atoms with E-state index in [-0.39, 0.29) is 5.84 Å². The number of rotatable bonds is 1. The van der Waals surface area contributed by atoms with Crippen LogP contribution >= 0.6 is 0 Å². The van der Waals surface area contributed by atoms with Gasteiger partial charge in [0.05, 0.1) is 5.41 Å². The van der Waals surface area contributed by atoms with Crippen molar-refractivity contribution < 1.29 is 5.11 Å². The lowest BCUT2D eigenvalue weighted by molar-refractivity contribution is -0.0961. The number of benzene rings is 1. The maximum Gasteiger partial charge on any atom is 0.167 e. The predicted molar refractivity (Wildman–Crippen MR) is 72.6 cm³/mol. The molecule has 18 heavy (non-hydrogen) atoms. The zero-order valence-electron chi connectivity index (χ0n) is 11.2. The summed E-state index contributed by atoms with van der Waals surface area (Å²) in [5.74, 6) is 0.213. The Bertz CT molecular complexity index is 503. The lowest BCUT2D eigenvalue weighted by Gasteiger charge is -2.38. The molecule has 0 aliphatic carbocycles. The van der Waals surface area contributed by atoms with E-state index >= 15 is 0 Å². The summed E-state index contributed by atoms with van der Waals surface area (Å²) in [6, 6.07) is 9.33. The monoisotopic (exact) mass is 245 g/mol. The van der Waals surface area contributed by atoms with Gasteiger partial charge in [0.25, 0.3) is 0 Å². The van der Waals surface area contributed by atoms with Crippen LogP contribution in [0.5, 0.6) is 0 Å². The molecule has 0 fully saturated rings. The molecule has 1 aromatic carbocycles. The van der Waals surface area contributed by atoms with Crippen LogP contribution in [0.2, 0.25) is 0 Å². The Kier molecular flexibility index (Phi) is 2.78. The molecule has 96 valence electrons. The second-order valence-corrected chi connectivity index (χ2v) is 5.36. The molecule has 4 heteroatoms. The van der Waals surface area contributed by atoms with Crippen molar-refractivity contribution in [2.75, 3.05) is 0 Å². The van der Waals surface area contributed by atoms with Gasteiger partial charge in [0.15, 0.2) is 11.6 Å². The maximum atomic E-state index is 10.7. The molecule has 0 spiro atoms. The Labute approximate surface area is 107 Å². The molecule has 4 nitrogen and oxygen atoms in total. The summed E-state index contributed by atoms with van der Waals surface area (Å²) >= 11 is 0. The van der Waals surface area contributed by atoms with Crippen LogP contribution in [-0.2, 0) is 0 Å². The summed E-state index contributed by atoms with van der Waals surface area (Å²) in [6.07, 6.45) is 0. The molecule has 1 atom stereocenters. The van der Waals surface area contributed by atoms with Gasteiger partial charge in [0.2, 0.25) is 0 Å². The first-order valence-electron chi connectivity index (χ1n) is 6.01. The lowest BCUT2D eigenvalue weighted by atomic mass is 9.79. The summed E-state index contributed by atoms with van der Waals surface area (Å²) in [5.41, 5.74) is -0.0989. The SMILES string of the molecule is CC1=NN(C(=N)c2ccccc2)[C@@](C)(O)C1(C)C. The van der Waals surface area contributed by atoms with Crippen LogP contribution in [0.25, 0.3) is 0 Å². The smallest absolute Gasteiger partial charge is 0.167 e. The van der Waals surface area contributed by atoms with Crippen LogP contribution in [0, 0.1) is 10.8 Å². The van der Waals surface area contributed by atoms with Crippen LogP contribution < -0.4 is 0 Å². The van der Waals surface area contributed by atoms with Crippen LogP contribution in [0.3, 0.4) is 0 Å². The van der Waals surface area contributed by atoms with Gasteiger partial charge >= 0.3 is 0 Å². The van der Waals surface area contributed by atoms with Gasteiger partial charge in [-0.3, -0.25) is 5.41 Å². The topological polar surface area (TPSA) is 59.7 Å². The van der Waals surface area contributed by atoms with Gasteiger partial charge in [0, 0.05) is 11.3 Å². The fraction of sp³-hybridized carbons (Fsp3) is 0.429. The molecule has 0 saturated carbocycles. The zero-order valence-corrected chi connectivity index (χ0v) is 11.2. The fourth-order valence-corrected chi connectivity index (χ4v) is 1.97. The van der Waals surface area contributed by atoms with E-state index in [4.69, 9.17) is 5.41 Å². The molecule has 0 saturated heterocycles. The van der Waals surface area contributed by atoms with Crippen molar-refractivity contribution in [1.82, 2.24) is 5.01 Å². The first kappa shape index (κ1) is 12.8. The molecular weight excluding hydrogens is 226 g/mol. The second-order valence-electron chi connectivity index (χ2n) is 5.36. The van der Waals surface area contributed by atoms with Gasteiger partial charge in [-0.15, -0.1) is 0 Å². The zero-order chi connectivity index (χ0) is 13.6. The summed E-state index contributed by atoms with van der Waals surface area (Å²) in [6.45, 7) is 7.45.